The molecule has 1 saturated heterocycles. The number of hydrogen-bond donors (Lipinski definition) is 2. The van der Waals surface area contributed by atoms with Gasteiger partial charge in [0.15, 0.2) is 5.65 Å². The van der Waals surface area contributed by atoms with E-state index in [0.717, 1.165) is 18.2 Å². The van der Waals surface area contributed by atoms with E-state index in [9.17, 15) is 13.2 Å². The van der Waals surface area contributed by atoms with Crippen LogP contribution in [0.1, 0.15) is 12.8 Å². The van der Waals surface area contributed by atoms with Crippen molar-refractivity contribution in [3.63, 3.8) is 0 Å². The summed E-state index contributed by atoms with van der Waals surface area (Å²) in [5, 5.41) is 10.5. The Labute approximate surface area is 118 Å². The second-order valence-corrected chi connectivity index (χ2v) is 5.12. The number of aromatic nitrogens is 4. The van der Waals surface area contributed by atoms with Gasteiger partial charge in [-0.05, 0) is 19.4 Å². The van der Waals surface area contributed by atoms with Crippen molar-refractivity contribution in [1.82, 2.24) is 25.1 Å². The Morgan fingerprint density at radius 3 is 3.05 bits per heavy atom. The fraction of sp³-hybridized carbons (Fsp3) is 0.583. The van der Waals surface area contributed by atoms with Gasteiger partial charge in [-0.2, -0.15) is 18.3 Å². The number of nitrogens with one attached hydrogen (secondary N) is 2. The molecule has 0 unspecified atom stereocenters. The van der Waals surface area contributed by atoms with Crippen molar-refractivity contribution >= 4 is 16.9 Å². The van der Waals surface area contributed by atoms with E-state index in [1.54, 1.807) is 6.20 Å². The first kappa shape index (κ1) is 14.1. The zero-order valence-corrected chi connectivity index (χ0v) is 11.2. The fourth-order valence-corrected chi connectivity index (χ4v) is 2.69. The average molecular weight is 300 g/mol. The predicted octanol–water partition coefficient (Wildman–Crippen LogP) is 1.79. The predicted molar refractivity (Wildman–Crippen MR) is 70.8 cm³/mol. The van der Waals surface area contributed by atoms with Gasteiger partial charge in [0.2, 0.25) is 0 Å². The fourth-order valence-electron chi connectivity index (χ4n) is 2.69. The molecule has 3 rings (SSSR count). The lowest BCUT2D eigenvalue weighted by atomic mass is 10.2. The maximum absolute atomic E-state index is 12.5. The van der Waals surface area contributed by atoms with E-state index < -0.39 is 12.7 Å². The van der Waals surface area contributed by atoms with Crippen LogP contribution in [-0.4, -0.2) is 56.9 Å². The SMILES string of the molecule is FC(F)(F)CN1CCC[C@@H]1CNc1ncnc2[nH]ncc12. The molecule has 3 heterocycles. The zero-order valence-electron chi connectivity index (χ0n) is 11.2. The molecular formula is C12H15F3N6. The third-order valence-electron chi connectivity index (χ3n) is 3.63. The highest BCUT2D eigenvalue weighted by atomic mass is 19.4. The van der Waals surface area contributed by atoms with Crippen LogP contribution in [0.4, 0.5) is 19.0 Å². The topological polar surface area (TPSA) is 69.7 Å². The van der Waals surface area contributed by atoms with Crippen LogP contribution in [-0.2, 0) is 0 Å². The van der Waals surface area contributed by atoms with E-state index >= 15 is 0 Å². The van der Waals surface area contributed by atoms with E-state index in [2.05, 4.69) is 25.5 Å². The van der Waals surface area contributed by atoms with Crippen molar-refractivity contribution < 1.29 is 13.2 Å². The van der Waals surface area contributed by atoms with E-state index in [1.165, 1.54) is 11.2 Å². The van der Waals surface area contributed by atoms with Crippen molar-refractivity contribution in [2.24, 2.45) is 0 Å². The van der Waals surface area contributed by atoms with Crippen LogP contribution < -0.4 is 5.32 Å². The van der Waals surface area contributed by atoms with Crippen LogP contribution in [0.25, 0.3) is 11.0 Å². The highest BCUT2D eigenvalue weighted by Gasteiger charge is 2.35. The number of anilines is 1. The molecule has 0 bridgehead atoms. The Morgan fingerprint density at radius 1 is 1.38 bits per heavy atom. The Bertz CT molecular complexity index is 610. The molecule has 0 aromatic carbocycles. The van der Waals surface area contributed by atoms with Gasteiger partial charge in [0.1, 0.15) is 12.1 Å². The van der Waals surface area contributed by atoms with Crippen molar-refractivity contribution in [2.45, 2.75) is 25.1 Å². The van der Waals surface area contributed by atoms with Crippen LogP contribution in [0.15, 0.2) is 12.5 Å². The number of H-pyrrole nitrogens is 1. The summed E-state index contributed by atoms with van der Waals surface area (Å²) in [7, 11) is 0. The molecule has 2 aromatic rings. The lowest BCUT2D eigenvalue weighted by molar-refractivity contribution is -0.147. The lowest BCUT2D eigenvalue weighted by Gasteiger charge is -2.25. The van der Waals surface area contributed by atoms with Gasteiger partial charge < -0.3 is 5.32 Å². The normalized spacial score (nSPS) is 20.2. The zero-order chi connectivity index (χ0) is 14.9. The van der Waals surface area contributed by atoms with Gasteiger partial charge in [-0.15, -0.1) is 0 Å². The number of hydrogen-bond acceptors (Lipinski definition) is 5. The molecule has 1 atom stereocenters. The van der Waals surface area contributed by atoms with Gasteiger partial charge in [-0.1, -0.05) is 0 Å². The standard InChI is InChI=1S/C12H15F3N6/c13-12(14,15)6-21-3-1-2-8(21)4-16-10-9-5-19-20-11(9)18-7-17-10/h5,7-8H,1-4,6H2,(H2,16,17,18,19,20)/t8-/m1/s1. The first-order valence-corrected chi connectivity index (χ1v) is 6.72. The largest absolute Gasteiger partial charge is 0.401 e. The second-order valence-electron chi connectivity index (χ2n) is 5.12. The maximum Gasteiger partial charge on any atom is 0.401 e. The molecule has 0 saturated carbocycles. The molecule has 1 aliphatic rings. The van der Waals surface area contributed by atoms with Crippen molar-refractivity contribution in [2.75, 3.05) is 25.0 Å². The van der Waals surface area contributed by atoms with Gasteiger partial charge in [0, 0.05) is 12.6 Å². The molecule has 2 N–H and O–H groups in total. The smallest absolute Gasteiger partial charge is 0.368 e. The molecule has 114 valence electrons. The molecule has 0 amide bonds. The lowest BCUT2D eigenvalue weighted by Crippen LogP contribution is -2.41. The number of halogens is 3. The Balaban J connectivity index is 1.65. The highest BCUT2D eigenvalue weighted by Crippen LogP contribution is 2.25. The Hall–Kier alpha value is -1.90. The number of nitrogens with zero attached hydrogens (tertiary/aromatic N) is 4. The van der Waals surface area contributed by atoms with Gasteiger partial charge in [0.25, 0.3) is 0 Å². The third kappa shape index (κ3) is 3.23. The molecule has 0 spiro atoms. The second kappa shape index (κ2) is 5.47. The summed E-state index contributed by atoms with van der Waals surface area (Å²) in [5.74, 6) is 0.590. The van der Waals surface area contributed by atoms with Crippen molar-refractivity contribution in [1.29, 1.82) is 0 Å². The number of alkyl halides is 3. The maximum atomic E-state index is 12.5. The minimum atomic E-state index is -4.16. The number of rotatable bonds is 4. The number of aromatic amines is 1. The van der Waals surface area contributed by atoms with Crippen LogP contribution >= 0.6 is 0 Å². The van der Waals surface area contributed by atoms with Crippen molar-refractivity contribution in [3.8, 4) is 0 Å². The summed E-state index contributed by atoms with van der Waals surface area (Å²) >= 11 is 0. The summed E-state index contributed by atoms with van der Waals surface area (Å²) in [4.78, 5) is 9.61. The Morgan fingerprint density at radius 2 is 2.24 bits per heavy atom. The first-order chi connectivity index (χ1) is 10.0. The van der Waals surface area contributed by atoms with Gasteiger partial charge in [-0.3, -0.25) is 10.00 Å². The molecule has 0 aliphatic carbocycles. The highest BCUT2D eigenvalue weighted by molar-refractivity contribution is 5.85. The molecule has 21 heavy (non-hydrogen) atoms. The van der Waals surface area contributed by atoms with E-state index in [4.69, 9.17) is 0 Å². The molecule has 0 radical (unpaired) electrons. The molecule has 1 fully saturated rings. The summed E-state index contributed by atoms with van der Waals surface area (Å²) in [6, 6.07) is -0.136. The quantitative estimate of drug-likeness (QED) is 0.901. The van der Waals surface area contributed by atoms with Crippen LogP contribution in [0.5, 0.6) is 0 Å². The summed E-state index contributed by atoms with van der Waals surface area (Å²) in [6.07, 6.45) is 0.371. The third-order valence-corrected chi connectivity index (χ3v) is 3.63. The van der Waals surface area contributed by atoms with Crippen LogP contribution in [0.3, 0.4) is 0 Å². The minimum absolute atomic E-state index is 0.136. The average Bonchev–Trinajstić information content (AvgIpc) is 3.03. The summed E-state index contributed by atoms with van der Waals surface area (Å²) in [6.45, 7) is 0.0500. The van der Waals surface area contributed by atoms with E-state index in [-0.39, 0.29) is 6.04 Å². The molecule has 9 heteroatoms. The molecule has 1 aliphatic heterocycles. The van der Waals surface area contributed by atoms with E-state index in [0.29, 0.717) is 24.6 Å². The minimum Gasteiger partial charge on any atom is -0.368 e. The molecular weight excluding hydrogens is 285 g/mol. The van der Waals surface area contributed by atoms with Crippen molar-refractivity contribution in [3.05, 3.63) is 12.5 Å². The number of fused-ring (bicyclic) bond motifs is 1. The summed E-state index contributed by atoms with van der Waals surface area (Å²) < 4.78 is 37.5. The van der Waals surface area contributed by atoms with Gasteiger partial charge >= 0.3 is 6.18 Å². The summed E-state index contributed by atoms with van der Waals surface area (Å²) in [5.41, 5.74) is 0.603. The van der Waals surface area contributed by atoms with E-state index in [1.807, 2.05) is 0 Å². The van der Waals surface area contributed by atoms with Gasteiger partial charge in [0.05, 0.1) is 18.1 Å². The molecule has 2 aromatic heterocycles. The monoisotopic (exact) mass is 300 g/mol. The van der Waals surface area contributed by atoms with Crippen LogP contribution in [0, 0.1) is 0 Å². The number of likely N-dealkylation sites (tertiary alicyclic amines) is 1. The van der Waals surface area contributed by atoms with Gasteiger partial charge in [-0.25, -0.2) is 9.97 Å². The van der Waals surface area contributed by atoms with Crippen LogP contribution in [0.2, 0.25) is 0 Å². The Kier molecular flexibility index (Phi) is 3.66. The molecule has 6 nitrogen and oxygen atoms in total. The first-order valence-electron chi connectivity index (χ1n) is 6.72.